The minimum Gasteiger partial charge on any atom is -0.497 e. The molecule has 2 aromatic carbocycles. The van der Waals surface area contributed by atoms with E-state index < -0.39 is 12.1 Å². The highest BCUT2D eigenvalue weighted by Gasteiger charge is 2.31. The van der Waals surface area contributed by atoms with Crippen LogP contribution in [0.5, 0.6) is 5.75 Å². The van der Waals surface area contributed by atoms with Gasteiger partial charge in [0.2, 0.25) is 0 Å². The molecule has 1 heterocycles. The summed E-state index contributed by atoms with van der Waals surface area (Å²) in [4.78, 5) is 17.7. The van der Waals surface area contributed by atoms with Crippen molar-refractivity contribution in [2.24, 2.45) is 5.16 Å². The number of esters is 1. The number of benzene rings is 2. The van der Waals surface area contributed by atoms with Crippen LogP contribution in [0.1, 0.15) is 24.2 Å². The second-order valence-corrected chi connectivity index (χ2v) is 5.42. The molecule has 0 saturated heterocycles. The second kappa shape index (κ2) is 7.66. The third-order valence-electron chi connectivity index (χ3n) is 3.83. The van der Waals surface area contributed by atoms with E-state index in [1.165, 1.54) is 6.08 Å². The van der Waals surface area contributed by atoms with Crippen LogP contribution in [0.15, 0.2) is 71.4 Å². The minimum atomic E-state index is -0.442. The molecule has 0 saturated carbocycles. The van der Waals surface area contributed by atoms with Crippen LogP contribution in [0.25, 0.3) is 0 Å². The van der Waals surface area contributed by atoms with Gasteiger partial charge in [0, 0.05) is 17.2 Å². The maximum absolute atomic E-state index is 12.0. The summed E-state index contributed by atoms with van der Waals surface area (Å²) in [5, 5.41) is 4.21. The molecule has 2 aromatic rings. The molecule has 0 radical (unpaired) electrons. The third-order valence-corrected chi connectivity index (χ3v) is 3.83. The van der Waals surface area contributed by atoms with Gasteiger partial charge >= 0.3 is 5.97 Å². The number of carbonyl (C=O) groups excluding carboxylic acids is 1. The first-order chi connectivity index (χ1) is 12.2. The van der Waals surface area contributed by atoms with E-state index in [0.717, 1.165) is 16.9 Å². The van der Waals surface area contributed by atoms with Gasteiger partial charge in [0.05, 0.1) is 13.7 Å². The molecule has 25 heavy (non-hydrogen) atoms. The molecule has 1 unspecified atom stereocenters. The van der Waals surface area contributed by atoms with Gasteiger partial charge in [-0.2, -0.15) is 0 Å². The quantitative estimate of drug-likeness (QED) is 0.617. The van der Waals surface area contributed by atoms with E-state index in [4.69, 9.17) is 14.3 Å². The van der Waals surface area contributed by atoms with E-state index in [1.54, 1.807) is 14.0 Å². The molecule has 0 aromatic heterocycles. The first-order valence-electron chi connectivity index (χ1n) is 8.05. The molecule has 0 bridgehead atoms. The topological polar surface area (TPSA) is 57.1 Å². The third kappa shape index (κ3) is 3.71. The van der Waals surface area contributed by atoms with Gasteiger partial charge in [-0.1, -0.05) is 35.5 Å². The molecule has 3 rings (SSSR count). The predicted molar refractivity (Wildman–Crippen MR) is 94.5 cm³/mol. The zero-order valence-corrected chi connectivity index (χ0v) is 14.1. The van der Waals surface area contributed by atoms with Crippen molar-refractivity contribution >= 4 is 11.7 Å². The first-order valence-corrected chi connectivity index (χ1v) is 8.05. The Labute approximate surface area is 146 Å². The Morgan fingerprint density at radius 3 is 2.52 bits per heavy atom. The van der Waals surface area contributed by atoms with Gasteiger partial charge in [0.25, 0.3) is 0 Å². The van der Waals surface area contributed by atoms with Gasteiger partial charge in [-0.3, -0.25) is 0 Å². The summed E-state index contributed by atoms with van der Waals surface area (Å²) in [7, 11) is 1.61. The van der Waals surface area contributed by atoms with Crippen LogP contribution in [0, 0.1) is 0 Å². The number of nitrogens with zero attached hydrogens (tertiary/aromatic N) is 1. The number of carbonyl (C=O) groups is 1. The van der Waals surface area contributed by atoms with Crippen molar-refractivity contribution in [3.63, 3.8) is 0 Å². The fourth-order valence-corrected chi connectivity index (χ4v) is 2.63. The van der Waals surface area contributed by atoms with Gasteiger partial charge in [0.15, 0.2) is 6.10 Å². The Morgan fingerprint density at radius 2 is 1.88 bits per heavy atom. The maximum Gasteiger partial charge on any atom is 0.331 e. The Kier molecular flexibility index (Phi) is 5.14. The highest BCUT2D eigenvalue weighted by atomic mass is 16.6. The molecule has 0 amide bonds. The van der Waals surface area contributed by atoms with Gasteiger partial charge < -0.3 is 14.3 Å². The minimum absolute atomic E-state index is 0.314. The predicted octanol–water partition coefficient (Wildman–Crippen LogP) is 3.66. The molecule has 0 spiro atoms. The summed E-state index contributed by atoms with van der Waals surface area (Å²) in [5.41, 5.74) is 3.06. The Balaban J connectivity index is 1.97. The number of methoxy groups -OCH3 is 1. The number of ether oxygens (including phenoxy) is 2. The van der Waals surface area contributed by atoms with Crippen molar-refractivity contribution in [2.45, 2.75) is 13.0 Å². The lowest BCUT2D eigenvalue weighted by atomic mass is 9.94. The lowest BCUT2D eigenvalue weighted by Crippen LogP contribution is -2.11. The maximum atomic E-state index is 12.0. The van der Waals surface area contributed by atoms with Crippen molar-refractivity contribution < 1.29 is 19.1 Å². The molecular formula is C20H19NO4. The van der Waals surface area contributed by atoms with Crippen molar-refractivity contribution in [3.8, 4) is 5.75 Å². The van der Waals surface area contributed by atoms with Crippen LogP contribution in [-0.4, -0.2) is 25.4 Å². The summed E-state index contributed by atoms with van der Waals surface area (Å²) in [6, 6.07) is 17.1. The summed E-state index contributed by atoms with van der Waals surface area (Å²) in [6.45, 7) is 2.09. The molecule has 5 nitrogen and oxygen atoms in total. The monoisotopic (exact) mass is 337 g/mol. The van der Waals surface area contributed by atoms with E-state index in [-0.39, 0.29) is 0 Å². The number of hydrogen-bond acceptors (Lipinski definition) is 5. The van der Waals surface area contributed by atoms with Crippen molar-refractivity contribution in [3.05, 3.63) is 77.4 Å². The van der Waals surface area contributed by atoms with Crippen molar-refractivity contribution in [1.82, 2.24) is 0 Å². The lowest BCUT2D eigenvalue weighted by Gasteiger charge is -2.12. The van der Waals surface area contributed by atoms with Crippen molar-refractivity contribution in [1.29, 1.82) is 0 Å². The number of oxime groups is 1. The van der Waals surface area contributed by atoms with Gasteiger partial charge in [0.1, 0.15) is 11.5 Å². The highest BCUT2D eigenvalue weighted by Crippen LogP contribution is 2.34. The molecule has 128 valence electrons. The summed E-state index contributed by atoms with van der Waals surface area (Å²) in [6.07, 6.45) is 1.01. The second-order valence-electron chi connectivity index (χ2n) is 5.42. The molecule has 1 atom stereocenters. The Morgan fingerprint density at radius 1 is 1.16 bits per heavy atom. The standard InChI is InChI=1S/C20H19NO4/c1-3-24-18(22)13-17-19(14-9-11-16(23-2)12-10-14)21-25-20(17)15-7-5-4-6-8-15/h4-13,20H,3H2,1-2H3/b17-13-. The number of rotatable bonds is 5. The van der Waals surface area contributed by atoms with Crippen LogP contribution in [-0.2, 0) is 14.4 Å². The first kappa shape index (κ1) is 16.8. The molecule has 0 fully saturated rings. The SMILES string of the molecule is CCOC(=O)/C=C1/C(c2ccc(OC)cc2)=NOC1c1ccccc1. The fourth-order valence-electron chi connectivity index (χ4n) is 2.63. The van der Waals surface area contributed by atoms with Crippen LogP contribution < -0.4 is 4.74 Å². The van der Waals surface area contributed by atoms with Gasteiger partial charge in [-0.15, -0.1) is 0 Å². The molecule has 0 aliphatic carbocycles. The average Bonchev–Trinajstić information content (AvgIpc) is 3.06. The van der Waals surface area contributed by atoms with Crippen LogP contribution in [0.3, 0.4) is 0 Å². The highest BCUT2D eigenvalue weighted by molar-refractivity contribution is 6.16. The Bertz CT molecular complexity index is 794. The molecule has 5 heteroatoms. The molecule has 1 aliphatic heterocycles. The zero-order chi connectivity index (χ0) is 17.6. The molecule has 0 N–H and O–H groups in total. The van der Waals surface area contributed by atoms with Crippen LogP contribution >= 0.6 is 0 Å². The zero-order valence-electron chi connectivity index (χ0n) is 14.1. The van der Waals surface area contributed by atoms with E-state index in [9.17, 15) is 4.79 Å². The summed E-state index contributed by atoms with van der Waals surface area (Å²) >= 11 is 0. The smallest absolute Gasteiger partial charge is 0.331 e. The normalized spacial score (nSPS) is 17.8. The average molecular weight is 337 g/mol. The van der Waals surface area contributed by atoms with Crippen molar-refractivity contribution in [2.75, 3.05) is 13.7 Å². The molecular weight excluding hydrogens is 318 g/mol. The van der Waals surface area contributed by atoms with Gasteiger partial charge in [-0.05, 0) is 36.8 Å². The lowest BCUT2D eigenvalue weighted by molar-refractivity contribution is -0.137. The van der Waals surface area contributed by atoms with E-state index in [1.807, 2.05) is 54.6 Å². The molecule has 1 aliphatic rings. The fraction of sp³-hybridized carbons (Fsp3) is 0.200. The summed E-state index contributed by atoms with van der Waals surface area (Å²) in [5.74, 6) is 0.337. The van der Waals surface area contributed by atoms with E-state index >= 15 is 0 Å². The largest absolute Gasteiger partial charge is 0.497 e. The Hall–Kier alpha value is -3.08. The van der Waals surface area contributed by atoms with E-state index in [2.05, 4.69) is 5.16 Å². The summed E-state index contributed by atoms with van der Waals surface area (Å²) < 4.78 is 10.2. The van der Waals surface area contributed by atoms with Gasteiger partial charge in [-0.25, -0.2) is 4.79 Å². The van der Waals surface area contributed by atoms with E-state index in [0.29, 0.717) is 17.9 Å². The number of hydrogen-bond donors (Lipinski definition) is 0. The van der Waals surface area contributed by atoms with Crippen LogP contribution in [0.4, 0.5) is 0 Å². The van der Waals surface area contributed by atoms with Crippen LogP contribution in [0.2, 0.25) is 0 Å².